The van der Waals surface area contributed by atoms with Crippen molar-refractivity contribution in [2.45, 2.75) is 65.9 Å². The van der Waals surface area contributed by atoms with Crippen LogP contribution in [-0.4, -0.2) is 31.4 Å². The van der Waals surface area contributed by atoms with E-state index >= 15 is 0 Å². The zero-order chi connectivity index (χ0) is 25.8. The lowest BCUT2D eigenvalue weighted by Gasteiger charge is -2.14. The van der Waals surface area contributed by atoms with Crippen molar-refractivity contribution in [1.82, 2.24) is 19.1 Å². The summed E-state index contributed by atoms with van der Waals surface area (Å²) >= 11 is 0. The Bertz CT molecular complexity index is 1310. The number of aromatic amines is 1. The number of hydrogen-bond donors (Lipinski definition) is 2. The molecule has 0 unspecified atom stereocenters. The number of imidazole rings is 1. The van der Waals surface area contributed by atoms with E-state index in [0.717, 1.165) is 18.9 Å². The number of rotatable bonds is 10. The average Bonchev–Trinajstić information content (AvgIpc) is 3.10. The van der Waals surface area contributed by atoms with Gasteiger partial charge in [0, 0.05) is 25.9 Å². The van der Waals surface area contributed by atoms with Crippen LogP contribution in [0, 0.1) is 5.92 Å². The summed E-state index contributed by atoms with van der Waals surface area (Å²) in [7, 11) is 0. The van der Waals surface area contributed by atoms with E-state index in [0.29, 0.717) is 18.9 Å². The van der Waals surface area contributed by atoms with Crippen molar-refractivity contribution < 1.29 is 22.7 Å². The van der Waals surface area contributed by atoms with Gasteiger partial charge in [-0.3, -0.25) is 19.1 Å². The molecule has 190 valence electrons. The van der Waals surface area contributed by atoms with Gasteiger partial charge in [-0.15, -0.1) is 13.2 Å². The van der Waals surface area contributed by atoms with E-state index in [1.54, 1.807) is 4.57 Å². The van der Waals surface area contributed by atoms with Gasteiger partial charge < -0.3 is 14.6 Å². The summed E-state index contributed by atoms with van der Waals surface area (Å²) in [5, 5.41) is 2.43. The number of H-pyrrole nitrogens is 1. The lowest BCUT2D eigenvalue weighted by Crippen LogP contribution is -2.31. The Morgan fingerprint density at radius 3 is 2.57 bits per heavy atom. The monoisotopic (exact) mass is 495 g/mol. The maximum atomic E-state index is 12.7. The Kier molecular flexibility index (Phi) is 8.03. The molecule has 0 radical (unpaired) electrons. The van der Waals surface area contributed by atoms with E-state index in [1.165, 1.54) is 22.8 Å². The van der Waals surface area contributed by atoms with Crippen molar-refractivity contribution in [1.29, 1.82) is 0 Å². The molecule has 2 heterocycles. The normalized spacial score (nSPS) is 11.9. The second-order valence-corrected chi connectivity index (χ2v) is 8.56. The number of benzene rings is 1. The minimum atomic E-state index is -4.90. The highest BCUT2D eigenvalue weighted by atomic mass is 19.4. The lowest BCUT2D eigenvalue weighted by atomic mass is 10.2. The van der Waals surface area contributed by atoms with Crippen LogP contribution >= 0.6 is 0 Å². The average molecular weight is 496 g/mol. The number of nitrogens with zero attached hydrogens (tertiary/aromatic N) is 3. The van der Waals surface area contributed by atoms with Gasteiger partial charge in [0.15, 0.2) is 16.9 Å². The van der Waals surface area contributed by atoms with Crippen LogP contribution in [0.5, 0.6) is 5.75 Å². The van der Waals surface area contributed by atoms with Crippen molar-refractivity contribution in [3.8, 4) is 5.75 Å². The van der Waals surface area contributed by atoms with Gasteiger partial charge in [-0.25, -0.2) is 9.78 Å². The van der Waals surface area contributed by atoms with Gasteiger partial charge in [-0.05, 0) is 24.5 Å². The van der Waals surface area contributed by atoms with Crippen molar-refractivity contribution >= 4 is 22.8 Å². The fourth-order valence-electron chi connectivity index (χ4n) is 3.72. The topological polar surface area (TPSA) is 111 Å². The van der Waals surface area contributed by atoms with Gasteiger partial charge >= 0.3 is 12.1 Å². The molecule has 1 amide bonds. The van der Waals surface area contributed by atoms with Crippen LogP contribution in [0.4, 0.5) is 18.9 Å². The Morgan fingerprint density at radius 1 is 1.20 bits per heavy atom. The third-order valence-corrected chi connectivity index (χ3v) is 5.21. The molecule has 0 fully saturated rings. The molecule has 0 spiro atoms. The van der Waals surface area contributed by atoms with Gasteiger partial charge in [0.25, 0.3) is 5.56 Å². The van der Waals surface area contributed by atoms with E-state index in [4.69, 9.17) is 0 Å². The van der Waals surface area contributed by atoms with Crippen molar-refractivity contribution in [3.63, 3.8) is 0 Å². The third-order valence-electron chi connectivity index (χ3n) is 5.21. The molecule has 9 nitrogen and oxygen atoms in total. The number of aryl methyl sites for hydroxylation is 2. The van der Waals surface area contributed by atoms with Crippen LogP contribution in [0.3, 0.4) is 0 Å². The molecule has 0 atom stereocenters. The predicted octanol–water partition coefficient (Wildman–Crippen LogP) is 3.81. The smallest absolute Gasteiger partial charge is 0.404 e. The number of nitrogens with one attached hydrogen (secondary N) is 2. The van der Waals surface area contributed by atoms with E-state index in [1.807, 2.05) is 20.8 Å². The molecule has 2 N–H and O–H groups in total. The second kappa shape index (κ2) is 10.8. The molecule has 3 rings (SSSR count). The zero-order valence-corrected chi connectivity index (χ0v) is 19.7. The first-order valence-electron chi connectivity index (χ1n) is 11.4. The molecule has 0 saturated carbocycles. The molecule has 12 heteroatoms. The summed E-state index contributed by atoms with van der Waals surface area (Å²) in [5.74, 6) is -0.498. The maximum Gasteiger partial charge on any atom is 0.573 e. The van der Waals surface area contributed by atoms with Gasteiger partial charge in [-0.2, -0.15) is 0 Å². The highest BCUT2D eigenvalue weighted by molar-refractivity contribution is 5.92. The van der Waals surface area contributed by atoms with Crippen LogP contribution in [0.15, 0.2) is 33.9 Å². The standard InChI is InChI=1S/C23H28F3N5O4/c1-4-5-12-30-20-19(21(33)29-22(30)34)31(13-14(2)3)17(28-20)10-11-18(32)27-15-8-6-7-9-16(15)35-23(24,25)26/h6-9,14H,4-5,10-13H2,1-3H3,(H,27,32)(H,29,33,34). The lowest BCUT2D eigenvalue weighted by molar-refractivity contribution is -0.274. The Balaban J connectivity index is 1.89. The first kappa shape index (κ1) is 26.0. The van der Waals surface area contributed by atoms with Crippen LogP contribution in [-0.2, 0) is 24.3 Å². The second-order valence-electron chi connectivity index (χ2n) is 8.56. The Morgan fingerprint density at radius 2 is 1.91 bits per heavy atom. The predicted molar refractivity (Wildman–Crippen MR) is 124 cm³/mol. The summed E-state index contributed by atoms with van der Waals surface area (Å²) < 4.78 is 45.0. The van der Waals surface area contributed by atoms with E-state index in [-0.39, 0.29) is 35.6 Å². The quantitative estimate of drug-likeness (QED) is 0.444. The highest BCUT2D eigenvalue weighted by Gasteiger charge is 2.32. The first-order valence-corrected chi connectivity index (χ1v) is 11.4. The van der Waals surface area contributed by atoms with Crippen molar-refractivity contribution in [3.05, 3.63) is 50.9 Å². The minimum absolute atomic E-state index is 0.108. The largest absolute Gasteiger partial charge is 0.573 e. The van der Waals surface area contributed by atoms with Crippen molar-refractivity contribution in [2.75, 3.05) is 5.32 Å². The van der Waals surface area contributed by atoms with E-state index in [9.17, 15) is 27.6 Å². The summed E-state index contributed by atoms with van der Waals surface area (Å²) in [4.78, 5) is 44.5. The van der Waals surface area contributed by atoms with Gasteiger partial charge in [0.05, 0.1) is 5.69 Å². The van der Waals surface area contributed by atoms with Crippen LogP contribution in [0.2, 0.25) is 0 Å². The van der Waals surface area contributed by atoms with Gasteiger partial charge in [0.2, 0.25) is 5.91 Å². The highest BCUT2D eigenvalue weighted by Crippen LogP contribution is 2.30. The Labute approximate surface area is 198 Å². The molecule has 0 aliphatic heterocycles. The summed E-state index contributed by atoms with van der Waals surface area (Å²) in [5.41, 5.74) is -0.702. The van der Waals surface area contributed by atoms with Gasteiger partial charge in [0.1, 0.15) is 5.82 Å². The zero-order valence-electron chi connectivity index (χ0n) is 19.7. The molecular weight excluding hydrogens is 467 g/mol. The first-order chi connectivity index (χ1) is 16.5. The van der Waals surface area contributed by atoms with Crippen LogP contribution in [0.1, 0.15) is 45.9 Å². The number of ether oxygens (including phenoxy) is 1. The fraction of sp³-hybridized carbons (Fsp3) is 0.478. The molecule has 2 aromatic heterocycles. The number of amides is 1. The molecule has 3 aromatic rings. The van der Waals surface area contributed by atoms with Crippen LogP contribution in [0.25, 0.3) is 11.2 Å². The van der Waals surface area contributed by atoms with Crippen molar-refractivity contribution in [2.24, 2.45) is 5.92 Å². The number of anilines is 1. The fourth-order valence-corrected chi connectivity index (χ4v) is 3.72. The molecule has 0 bridgehead atoms. The molecule has 0 aliphatic carbocycles. The number of carbonyl (C=O) groups is 1. The number of carbonyl (C=O) groups excluding carboxylic acids is 1. The Hall–Kier alpha value is -3.57. The number of hydrogen-bond acceptors (Lipinski definition) is 5. The minimum Gasteiger partial charge on any atom is -0.404 e. The van der Waals surface area contributed by atoms with Crippen LogP contribution < -0.4 is 21.3 Å². The number of alkyl halides is 3. The van der Waals surface area contributed by atoms with E-state index < -0.39 is 29.3 Å². The molecule has 1 aromatic carbocycles. The number of aromatic nitrogens is 4. The molecule has 0 saturated heterocycles. The maximum absolute atomic E-state index is 12.7. The molecular formula is C23H28F3N5O4. The SMILES string of the molecule is CCCCn1c(=O)[nH]c(=O)c2c1nc(CCC(=O)Nc1ccccc1OC(F)(F)F)n2CC(C)C. The number of para-hydroxylation sites is 2. The summed E-state index contributed by atoms with van der Waals surface area (Å²) in [6.45, 7) is 6.72. The third kappa shape index (κ3) is 6.52. The molecule has 0 aliphatic rings. The number of halogens is 3. The summed E-state index contributed by atoms with van der Waals surface area (Å²) in [6, 6.07) is 5.25. The molecule has 35 heavy (non-hydrogen) atoms. The van der Waals surface area contributed by atoms with E-state index in [2.05, 4.69) is 20.0 Å². The summed E-state index contributed by atoms with van der Waals surface area (Å²) in [6.07, 6.45) is -3.35. The number of unbranched alkanes of at least 4 members (excludes halogenated alkanes) is 1. The van der Waals surface area contributed by atoms with Gasteiger partial charge in [-0.1, -0.05) is 39.3 Å². The number of fused-ring (bicyclic) bond motifs is 1.